The molecule has 3 aliphatic carbocycles. The molecule has 0 aliphatic heterocycles. The average Bonchev–Trinajstić information content (AvgIpc) is 1.84. The second kappa shape index (κ2) is 1.82. The van der Waals surface area contributed by atoms with Crippen molar-refractivity contribution in [1.82, 2.24) is 0 Å². The zero-order valence-electron chi connectivity index (χ0n) is 7.72. The smallest absolute Gasteiger partial charge is 0.0653 e. The Bertz CT molecular complexity index is 171. The van der Waals surface area contributed by atoms with Crippen LogP contribution in [0.3, 0.4) is 0 Å². The number of rotatable bonds is 0. The van der Waals surface area contributed by atoms with Crippen LogP contribution in [0.15, 0.2) is 0 Å². The summed E-state index contributed by atoms with van der Waals surface area (Å²) in [6, 6.07) is 0. The van der Waals surface area contributed by atoms with Gasteiger partial charge < -0.3 is 5.11 Å². The summed E-state index contributed by atoms with van der Waals surface area (Å²) in [4.78, 5) is 0. The highest BCUT2D eigenvalue weighted by Crippen LogP contribution is 2.62. The molecule has 0 radical (unpaired) electrons. The molecule has 0 aromatic carbocycles. The second-order valence-corrected chi connectivity index (χ2v) is 5.20. The van der Waals surface area contributed by atoms with Gasteiger partial charge >= 0.3 is 0 Å². The molecule has 0 aromatic rings. The summed E-state index contributed by atoms with van der Waals surface area (Å²) in [5, 5.41) is 10.0. The molecule has 3 fully saturated rings. The molecule has 11 heavy (non-hydrogen) atoms. The lowest BCUT2D eigenvalue weighted by atomic mass is 9.44. The van der Waals surface area contributed by atoms with Crippen LogP contribution in [-0.4, -0.2) is 10.7 Å². The van der Waals surface area contributed by atoms with Gasteiger partial charge in [0.05, 0.1) is 5.60 Å². The first-order valence-corrected chi connectivity index (χ1v) is 4.67. The Morgan fingerprint density at radius 2 is 1.91 bits per heavy atom. The largest absolute Gasteiger partial charge is 0.390 e. The third kappa shape index (κ3) is 0.807. The second-order valence-electron chi connectivity index (χ2n) is 5.20. The molecule has 3 saturated carbocycles. The first-order valence-electron chi connectivity index (χ1n) is 4.67. The highest BCUT2D eigenvalue weighted by molar-refractivity contribution is 5.08. The van der Waals surface area contributed by atoms with Crippen LogP contribution >= 0.6 is 0 Å². The first kappa shape index (κ1) is 7.60. The van der Waals surface area contributed by atoms with Crippen LogP contribution in [0.2, 0.25) is 0 Å². The predicted molar refractivity (Wildman–Crippen MR) is 45.2 cm³/mol. The lowest BCUT2D eigenvalue weighted by molar-refractivity contribution is -0.192. The third-order valence-corrected chi connectivity index (χ3v) is 4.22. The van der Waals surface area contributed by atoms with E-state index in [1.807, 2.05) is 6.92 Å². The Morgan fingerprint density at radius 1 is 1.27 bits per heavy atom. The third-order valence-electron chi connectivity index (χ3n) is 4.22. The van der Waals surface area contributed by atoms with Gasteiger partial charge in [0.1, 0.15) is 0 Å². The summed E-state index contributed by atoms with van der Waals surface area (Å²) in [6.45, 7) is 6.62. The number of hydrogen-bond acceptors (Lipinski definition) is 1. The summed E-state index contributed by atoms with van der Waals surface area (Å²) in [5.41, 5.74) is 0.0556. The molecule has 0 unspecified atom stereocenters. The van der Waals surface area contributed by atoms with Gasteiger partial charge in [-0.25, -0.2) is 0 Å². The fourth-order valence-electron chi connectivity index (χ4n) is 3.20. The fourth-order valence-corrected chi connectivity index (χ4v) is 3.20. The molecule has 1 N–H and O–H groups in total. The van der Waals surface area contributed by atoms with E-state index >= 15 is 0 Å². The topological polar surface area (TPSA) is 20.2 Å². The van der Waals surface area contributed by atoms with Gasteiger partial charge in [0, 0.05) is 0 Å². The van der Waals surface area contributed by atoms with E-state index in [0.29, 0.717) is 11.3 Å². The van der Waals surface area contributed by atoms with Crippen molar-refractivity contribution < 1.29 is 5.11 Å². The minimum Gasteiger partial charge on any atom is -0.390 e. The van der Waals surface area contributed by atoms with E-state index in [1.54, 1.807) is 0 Å². The Balaban J connectivity index is 2.23. The SMILES string of the molecule is CC1(C)[C@H]2CC[C@](C)(O)[C@@H]1C2. The standard InChI is InChI=1S/C10H18O/c1-9(2)7-4-5-10(3,11)8(9)6-7/h7-8,11H,4-6H2,1-3H3/t7-,8+,10-/m0/s1. The van der Waals surface area contributed by atoms with Gasteiger partial charge in [-0.1, -0.05) is 13.8 Å². The Morgan fingerprint density at radius 3 is 2.18 bits per heavy atom. The minimum atomic E-state index is -0.363. The molecule has 0 heterocycles. The van der Waals surface area contributed by atoms with Crippen LogP contribution in [0.1, 0.15) is 40.0 Å². The molecule has 0 amide bonds. The van der Waals surface area contributed by atoms with Crippen molar-refractivity contribution in [3.05, 3.63) is 0 Å². The Labute approximate surface area is 68.8 Å². The zero-order chi connectivity index (χ0) is 8.28. The van der Waals surface area contributed by atoms with Crippen molar-refractivity contribution in [1.29, 1.82) is 0 Å². The summed E-state index contributed by atoms with van der Waals surface area (Å²) in [7, 11) is 0. The molecule has 3 aliphatic rings. The maximum atomic E-state index is 10.0. The molecule has 0 saturated heterocycles. The number of aliphatic hydroxyl groups is 1. The van der Waals surface area contributed by atoms with Crippen LogP contribution in [-0.2, 0) is 0 Å². The van der Waals surface area contributed by atoms with Gasteiger partial charge in [0.2, 0.25) is 0 Å². The van der Waals surface area contributed by atoms with Crippen LogP contribution < -0.4 is 0 Å². The van der Waals surface area contributed by atoms with Gasteiger partial charge in [-0.3, -0.25) is 0 Å². The molecule has 1 heteroatoms. The van der Waals surface area contributed by atoms with Crippen LogP contribution in [0.5, 0.6) is 0 Å². The molecule has 1 nitrogen and oxygen atoms in total. The molecular weight excluding hydrogens is 136 g/mol. The summed E-state index contributed by atoms with van der Waals surface area (Å²) >= 11 is 0. The predicted octanol–water partition coefficient (Wildman–Crippen LogP) is 2.19. The van der Waals surface area contributed by atoms with E-state index in [2.05, 4.69) is 13.8 Å². The number of fused-ring (bicyclic) bond motifs is 2. The van der Waals surface area contributed by atoms with E-state index in [9.17, 15) is 5.11 Å². The van der Waals surface area contributed by atoms with Crippen molar-refractivity contribution in [2.75, 3.05) is 0 Å². The quantitative estimate of drug-likeness (QED) is 0.567. The highest BCUT2D eigenvalue weighted by atomic mass is 16.3. The molecule has 3 rings (SSSR count). The maximum Gasteiger partial charge on any atom is 0.0653 e. The molecule has 2 bridgehead atoms. The van der Waals surface area contributed by atoms with Crippen molar-refractivity contribution in [2.45, 2.75) is 45.6 Å². The highest BCUT2D eigenvalue weighted by Gasteiger charge is 2.58. The van der Waals surface area contributed by atoms with Crippen LogP contribution in [0, 0.1) is 17.3 Å². The lowest BCUT2D eigenvalue weighted by Crippen LogP contribution is -2.60. The van der Waals surface area contributed by atoms with Crippen LogP contribution in [0.25, 0.3) is 0 Å². The molecule has 64 valence electrons. The Kier molecular flexibility index (Phi) is 1.26. The van der Waals surface area contributed by atoms with Gasteiger partial charge in [0.25, 0.3) is 0 Å². The van der Waals surface area contributed by atoms with Crippen molar-refractivity contribution >= 4 is 0 Å². The van der Waals surface area contributed by atoms with E-state index in [4.69, 9.17) is 0 Å². The fraction of sp³-hybridized carbons (Fsp3) is 1.00. The van der Waals surface area contributed by atoms with E-state index < -0.39 is 0 Å². The van der Waals surface area contributed by atoms with Gasteiger partial charge in [-0.2, -0.15) is 0 Å². The molecule has 3 atom stereocenters. The summed E-state index contributed by atoms with van der Waals surface area (Å²) in [5.74, 6) is 1.46. The van der Waals surface area contributed by atoms with Crippen molar-refractivity contribution in [3.8, 4) is 0 Å². The molecule has 0 spiro atoms. The normalized spacial score (nSPS) is 53.5. The van der Waals surface area contributed by atoms with Gasteiger partial charge in [-0.15, -0.1) is 0 Å². The molecular formula is C10H18O. The van der Waals surface area contributed by atoms with E-state index in [0.717, 1.165) is 12.3 Å². The summed E-state index contributed by atoms with van der Waals surface area (Å²) < 4.78 is 0. The average molecular weight is 154 g/mol. The van der Waals surface area contributed by atoms with E-state index in [1.165, 1.54) is 12.8 Å². The Hall–Kier alpha value is -0.0400. The zero-order valence-corrected chi connectivity index (χ0v) is 7.72. The maximum absolute atomic E-state index is 10.0. The summed E-state index contributed by atoms with van der Waals surface area (Å²) in [6.07, 6.45) is 3.52. The van der Waals surface area contributed by atoms with Crippen LogP contribution in [0.4, 0.5) is 0 Å². The number of hydrogen-bond donors (Lipinski definition) is 1. The molecule has 0 aromatic heterocycles. The minimum absolute atomic E-state index is 0.363. The van der Waals surface area contributed by atoms with Gasteiger partial charge in [-0.05, 0) is 43.4 Å². The van der Waals surface area contributed by atoms with Gasteiger partial charge in [0.15, 0.2) is 0 Å². The first-order chi connectivity index (χ1) is 4.94. The lowest BCUT2D eigenvalue weighted by Gasteiger charge is -2.62. The van der Waals surface area contributed by atoms with Crippen molar-refractivity contribution in [3.63, 3.8) is 0 Å². The van der Waals surface area contributed by atoms with Crippen molar-refractivity contribution in [2.24, 2.45) is 17.3 Å². The monoisotopic (exact) mass is 154 g/mol. The van der Waals surface area contributed by atoms with E-state index in [-0.39, 0.29) is 5.60 Å².